The minimum absolute atomic E-state index is 0. The number of halogens is 2. The molecular weight excluding hydrogens is 315 g/mol. The molecule has 0 saturated heterocycles. The van der Waals surface area contributed by atoms with Crippen molar-refractivity contribution in [2.24, 2.45) is 0 Å². The molecule has 0 bridgehead atoms. The van der Waals surface area contributed by atoms with Gasteiger partial charge < -0.3 is 24.8 Å². The van der Waals surface area contributed by atoms with Crippen LogP contribution in [-0.2, 0) is 21.7 Å². The molecule has 2 rings (SSSR count). The van der Waals surface area contributed by atoms with Gasteiger partial charge in [-0.25, -0.2) is 22.5 Å². The summed E-state index contributed by atoms with van der Waals surface area (Å²) in [5.41, 5.74) is 0. The fraction of sp³-hybridized carbons (Fsp3) is 0.286. The second-order valence-corrected chi connectivity index (χ2v) is 8.87. The topological polar surface area (TPSA) is 0 Å². The van der Waals surface area contributed by atoms with Crippen LogP contribution in [0.1, 0.15) is 13.8 Å². The van der Waals surface area contributed by atoms with E-state index in [2.05, 4.69) is 62.4 Å². The van der Waals surface area contributed by atoms with E-state index in [1.165, 1.54) is 12.1 Å². The van der Waals surface area contributed by atoms with Gasteiger partial charge in [0.2, 0.25) is 0 Å². The average Bonchev–Trinajstić information content (AvgIpc) is 2.92. The van der Waals surface area contributed by atoms with Crippen LogP contribution in [0.15, 0.2) is 48.5 Å². The molecule has 0 spiro atoms. The van der Waals surface area contributed by atoms with Crippen LogP contribution < -0.4 is 35.2 Å². The third kappa shape index (κ3) is 3.62. The van der Waals surface area contributed by atoms with Crippen molar-refractivity contribution in [1.29, 1.82) is 0 Å². The molecule has 0 saturated carbocycles. The van der Waals surface area contributed by atoms with Gasteiger partial charge in [0, 0.05) is 0 Å². The Hall–Kier alpha value is 0.211. The fourth-order valence-electron chi connectivity index (χ4n) is 2.62. The normalized spacial score (nSPS) is 9.89. The van der Waals surface area contributed by atoms with Gasteiger partial charge in [0.05, 0.1) is 0 Å². The van der Waals surface area contributed by atoms with E-state index in [0.717, 1.165) is 0 Å². The molecule has 0 fully saturated rings. The van der Waals surface area contributed by atoms with Crippen molar-refractivity contribution in [3.63, 3.8) is 0 Å². The van der Waals surface area contributed by atoms with E-state index in [4.69, 9.17) is 0 Å². The average molecular weight is 333 g/mol. The maximum Gasteiger partial charge on any atom is 4.00 e. The predicted molar refractivity (Wildman–Crippen MR) is 70.1 cm³/mol. The first-order valence-electron chi connectivity index (χ1n) is 5.78. The number of rotatable bonds is 4. The Kier molecular flexibility index (Phi) is 10.5. The number of hydrogen-bond donors (Lipinski definition) is 0. The van der Waals surface area contributed by atoms with Crippen LogP contribution >= 0.6 is 0 Å². The third-order valence-electron chi connectivity index (χ3n) is 3.64. The SMILES string of the molecule is CC[Si](CC)(c1cc[cH-]c1)c1cc[cH-]c1.[Cl-].[Cl-].[Ti+4]. The van der Waals surface area contributed by atoms with Gasteiger partial charge in [-0.05, 0) is 8.07 Å². The Bertz CT molecular complexity index is 355. The van der Waals surface area contributed by atoms with Gasteiger partial charge in [0.15, 0.2) is 0 Å². The quantitative estimate of drug-likeness (QED) is 0.407. The maximum absolute atomic E-state index is 2.34. The summed E-state index contributed by atoms with van der Waals surface area (Å²) in [5.74, 6) is 0. The Morgan fingerprint density at radius 3 is 1.50 bits per heavy atom. The van der Waals surface area contributed by atoms with Crippen LogP contribution in [0.3, 0.4) is 0 Å². The molecule has 0 atom stereocenters. The van der Waals surface area contributed by atoms with Crippen LogP contribution in [-0.4, -0.2) is 8.07 Å². The fourth-order valence-corrected chi connectivity index (χ4v) is 6.75. The van der Waals surface area contributed by atoms with Crippen LogP contribution in [0.25, 0.3) is 0 Å². The number of hydrogen-bond acceptors (Lipinski definition) is 0. The van der Waals surface area contributed by atoms with E-state index >= 15 is 0 Å². The van der Waals surface area contributed by atoms with Crippen molar-refractivity contribution in [1.82, 2.24) is 0 Å². The zero-order valence-electron chi connectivity index (χ0n) is 10.8. The van der Waals surface area contributed by atoms with E-state index < -0.39 is 8.07 Å². The molecular formula is C14H18Cl2SiTi. The third-order valence-corrected chi connectivity index (χ3v) is 8.93. The summed E-state index contributed by atoms with van der Waals surface area (Å²) < 4.78 is 0. The smallest absolute Gasteiger partial charge is 1.00 e. The van der Waals surface area contributed by atoms with Crippen molar-refractivity contribution in [3.8, 4) is 0 Å². The first-order chi connectivity index (χ1) is 7.33. The van der Waals surface area contributed by atoms with Crippen LogP contribution in [0, 0.1) is 0 Å². The second-order valence-electron chi connectivity index (χ2n) is 4.14. The molecule has 0 amide bonds. The van der Waals surface area contributed by atoms with E-state index in [9.17, 15) is 0 Å². The molecule has 0 unspecified atom stereocenters. The summed E-state index contributed by atoms with van der Waals surface area (Å²) >= 11 is 0. The zero-order chi connectivity index (χ0) is 10.7. The minimum atomic E-state index is -1.39. The molecule has 2 aromatic carbocycles. The van der Waals surface area contributed by atoms with Crippen molar-refractivity contribution in [2.75, 3.05) is 0 Å². The van der Waals surface area contributed by atoms with Crippen molar-refractivity contribution in [3.05, 3.63) is 48.5 Å². The zero-order valence-corrected chi connectivity index (χ0v) is 14.9. The molecule has 0 aromatic heterocycles. The van der Waals surface area contributed by atoms with E-state index in [-0.39, 0.29) is 46.5 Å². The predicted octanol–water partition coefficient (Wildman–Crippen LogP) is -3.27. The first-order valence-corrected chi connectivity index (χ1v) is 8.19. The Labute approximate surface area is 139 Å². The van der Waals surface area contributed by atoms with Gasteiger partial charge in [0.1, 0.15) is 0 Å². The van der Waals surface area contributed by atoms with Crippen molar-refractivity contribution >= 4 is 18.4 Å². The van der Waals surface area contributed by atoms with E-state index in [1.807, 2.05) is 0 Å². The monoisotopic (exact) mass is 332 g/mol. The molecule has 0 nitrogen and oxygen atoms in total. The van der Waals surface area contributed by atoms with Crippen molar-refractivity contribution in [2.45, 2.75) is 25.9 Å². The maximum atomic E-state index is 2.34. The van der Waals surface area contributed by atoms with Gasteiger partial charge >= 0.3 is 21.7 Å². The summed E-state index contributed by atoms with van der Waals surface area (Å²) in [6.45, 7) is 4.69. The minimum Gasteiger partial charge on any atom is -1.00 e. The van der Waals surface area contributed by atoms with Gasteiger partial charge in [0.25, 0.3) is 0 Å². The largest absolute Gasteiger partial charge is 4.00 e. The Balaban J connectivity index is 0. The molecule has 2 aromatic rings. The molecule has 4 heteroatoms. The van der Waals surface area contributed by atoms with Gasteiger partial charge in [-0.1, -0.05) is 25.9 Å². The molecule has 18 heavy (non-hydrogen) atoms. The second kappa shape index (κ2) is 9.17. The van der Waals surface area contributed by atoms with Crippen LogP contribution in [0.2, 0.25) is 12.1 Å². The molecule has 0 aliphatic heterocycles. The van der Waals surface area contributed by atoms with Crippen LogP contribution in [0.5, 0.6) is 0 Å². The molecule has 0 aliphatic rings. The van der Waals surface area contributed by atoms with Gasteiger partial charge in [-0.15, -0.1) is 0 Å². The summed E-state index contributed by atoms with van der Waals surface area (Å²) in [5, 5.41) is 3.19. The van der Waals surface area contributed by atoms with Gasteiger partial charge in [-0.2, -0.15) is 36.4 Å². The standard InChI is InChI=1S/C14H18Si.2ClH.Ti/c1-3-15(4-2,13-9-5-6-10-13)14-11-7-8-12-14;;;/h5-12H,3-4H2,1-2H3;2*1H;/q-2;;;+4/p-2. The Morgan fingerprint density at radius 2 is 1.28 bits per heavy atom. The van der Waals surface area contributed by atoms with E-state index in [1.54, 1.807) is 10.4 Å². The van der Waals surface area contributed by atoms with Crippen molar-refractivity contribution < 1.29 is 46.5 Å². The molecule has 0 heterocycles. The molecule has 0 radical (unpaired) electrons. The summed E-state index contributed by atoms with van der Waals surface area (Å²) in [6.07, 6.45) is 0. The van der Waals surface area contributed by atoms with Crippen LogP contribution in [0.4, 0.5) is 0 Å². The summed E-state index contributed by atoms with van der Waals surface area (Å²) in [6, 6.07) is 20.5. The van der Waals surface area contributed by atoms with Gasteiger partial charge in [-0.3, -0.25) is 0 Å². The Morgan fingerprint density at radius 1 is 0.889 bits per heavy atom. The molecule has 0 aliphatic carbocycles. The molecule has 96 valence electrons. The first kappa shape index (κ1) is 20.5. The molecule has 0 N–H and O–H groups in total. The summed E-state index contributed by atoms with van der Waals surface area (Å²) in [7, 11) is -1.39. The van der Waals surface area contributed by atoms with E-state index in [0.29, 0.717) is 0 Å². The summed E-state index contributed by atoms with van der Waals surface area (Å²) in [4.78, 5) is 0.